The SMILES string of the molecule is C#Cc1ncccc1N=C.CC. The highest BCUT2D eigenvalue weighted by atomic mass is 14.8. The number of aliphatic imine (C=N–C) groups is 1. The third-order valence-electron chi connectivity index (χ3n) is 1.09. The molecule has 0 aromatic carbocycles. The average molecular weight is 160 g/mol. The van der Waals surface area contributed by atoms with E-state index in [4.69, 9.17) is 6.42 Å². The second-order valence-electron chi connectivity index (χ2n) is 1.67. The molecule has 0 aliphatic carbocycles. The maximum atomic E-state index is 5.13. The van der Waals surface area contributed by atoms with Gasteiger partial charge in [0, 0.05) is 6.20 Å². The van der Waals surface area contributed by atoms with Gasteiger partial charge in [0.15, 0.2) is 0 Å². The van der Waals surface area contributed by atoms with E-state index in [0.29, 0.717) is 11.4 Å². The van der Waals surface area contributed by atoms with Crippen LogP contribution in [-0.2, 0) is 0 Å². The second-order valence-corrected chi connectivity index (χ2v) is 1.67. The van der Waals surface area contributed by atoms with Gasteiger partial charge in [-0.15, -0.1) is 6.42 Å². The smallest absolute Gasteiger partial charge is 0.138 e. The molecule has 1 rings (SSSR count). The highest BCUT2D eigenvalue weighted by Gasteiger charge is 1.93. The van der Waals surface area contributed by atoms with Crippen molar-refractivity contribution in [3.8, 4) is 12.3 Å². The summed E-state index contributed by atoms with van der Waals surface area (Å²) in [7, 11) is 0. The lowest BCUT2D eigenvalue weighted by atomic mass is 10.3. The number of hydrogen-bond acceptors (Lipinski definition) is 2. The first-order chi connectivity index (χ1) is 5.88. The molecule has 0 radical (unpaired) electrons. The molecule has 1 aromatic rings. The quantitative estimate of drug-likeness (QED) is 0.457. The molecule has 1 heterocycles. The maximum absolute atomic E-state index is 5.13. The first-order valence-corrected chi connectivity index (χ1v) is 3.77. The van der Waals surface area contributed by atoms with Crippen LogP contribution in [-0.4, -0.2) is 11.7 Å². The fourth-order valence-corrected chi connectivity index (χ4v) is 0.636. The van der Waals surface area contributed by atoms with Gasteiger partial charge in [0.2, 0.25) is 0 Å². The molecule has 2 heteroatoms. The molecule has 0 amide bonds. The Morgan fingerprint density at radius 1 is 1.58 bits per heavy atom. The van der Waals surface area contributed by atoms with E-state index in [1.54, 1.807) is 18.3 Å². The van der Waals surface area contributed by atoms with Crippen molar-refractivity contribution in [2.45, 2.75) is 13.8 Å². The third-order valence-corrected chi connectivity index (χ3v) is 1.09. The van der Waals surface area contributed by atoms with Crippen LogP contribution in [0.1, 0.15) is 19.5 Å². The Balaban J connectivity index is 0.000000561. The van der Waals surface area contributed by atoms with Crippen molar-refractivity contribution in [1.29, 1.82) is 0 Å². The minimum absolute atomic E-state index is 0.539. The fraction of sp³-hybridized carbons (Fsp3) is 0.200. The van der Waals surface area contributed by atoms with Crippen LogP contribution in [0, 0.1) is 12.3 Å². The van der Waals surface area contributed by atoms with Crippen LogP contribution >= 0.6 is 0 Å². The summed E-state index contributed by atoms with van der Waals surface area (Å²) >= 11 is 0. The highest BCUT2D eigenvalue weighted by molar-refractivity contribution is 5.53. The van der Waals surface area contributed by atoms with Crippen LogP contribution in [0.3, 0.4) is 0 Å². The summed E-state index contributed by atoms with van der Waals surface area (Å²) in [5, 5.41) is 0. The predicted molar refractivity (Wildman–Crippen MR) is 52.7 cm³/mol. The normalized spacial score (nSPS) is 7.42. The maximum Gasteiger partial charge on any atom is 0.138 e. The Kier molecular flexibility index (Phi) is 5.29. The van der Waals surface area contributed by atoms with Gasteiger partial charge in [0.05, 0.1) is 5.69 Å². The lowest BCUT2D eigenvalue weighted by Gasteiger charge is -1.92. The van der Waals surface area contributed by atoms with E-state index in [0.717, 1.165) is 0 Å². The van der Waals surface area contributed by atoms with Crippen molar-refractivity contribution in [3.63, 3.8) is 0 Å². The highest BCUT2D eigenvalue weighted by Crippen LogP contribution is 2.12. The van der Waals surface area contributed by atoms with E-state index < -0.39 is 0 Å². The zero-order valence-corrected chi connectivity index (χ0v) is 7.41. The molecule has 1 aromatic heterocycles. The number of pyridine rings is 1. The van der Waals surface area contributed by atoms with Gasteiger partial charge in [-0.3, -0.25) is 4.99 Å². The molecule has 0 fully saturated rings. The Morgan fingerprint density at radius 2 is 2.25 bits per heavy atom. The van der Waals surface area contributed by atoms with Crippen molar-refractivity contribution in [3.05, 3.63) is 24.0 Å². The zero-order valence-electron chi connectivity index (χ0n) is 7.41. The second kappa shape index (κ2) is 6.11. The van der Waals surface area contributed by atoms with Gasteiger partial charge < -0.3 is 0 Å². The van der Waals surface area contributed by atoms with Gasteiger partial charge in [-0.1, -0.05) is 13.8 Å². The predicted octanol–water partition coefficient (Wildman–Crippen LogP) is 2.42. The van der Waals surface area contributed by atoms with Crippen molar-refractivity contribution < 1.29 is 0 Å². The fourth-order valence-electron chi connectivity index (χ4n) is 0.636. The summed E-state index contributed by atoms with van der Waals surface area (Å²) in [6.45, 7) is 7.35. The lowest BCUT2D eigenvalue weighted by Crippen LogP contribution is -1.79. The topological polar surface area (TPSA) is 25.2 Å². The molecule has 0 atom stereocenters. The van der Waals surface area contributed by atoms with Crippen molar-refractivity contribution in [1.82, 2.24) is 4.98 Å². The van der Waals surface area contributed by atoms with Gasteiger partial charge in [0.1, 0.15) is 5.69 Å². The van der Waals surface area contributed by atoms with E-state index in [1.807, 2.05) is 13.8 Å². The van der Waals surface area contributed by atoms with Crippen LogP contribution in [0.25, 0.3) is 0 Å². The molecule has 0 aliphatic heterocycles. The standard InChI is InChI=1S/C8H6N2.C2H6/c1-3-7-8(9-2)5-4-6-10-7;1-2/h1,4-6H,2H2;1-2H3. The Bertz CT molecular complexity index is 284. The van der Waals surface area contributed by atoms with Crippen molar-refractivity contribution >= 4 is 12.4 Å². The minimum atomic E-state index is 0.539. The van der Waals surface area contributed by atoms with Crippen LogP contribution < -0.4 is 0 Å². The zero-order chi connectivity index (χ0) is 9.40. The summed E-state index contributed by atoms with van der Waals surface area (Å²) in [5.74, 6) is 2.40. The monoisotopic (exact) mass is 160 g/mol. The van der Waals surface area contributed by atoms with E-state index in [2.05, 4.69) is 22.6 Å². The molecule has 0 saturated heterocycles. The number of nitrogens with zero attached hydrogens (tertiary/aromatic N) is 2. The average Bonchev–Trinajstić information content (AvgIpc) is 2.20. The molecule has 0 spiro atoms. The number of terminal acetylenes is 1. The summed E-state index contributed by atoms with van der Waals surface area (Å²) in [5.41, 5.74) is 1.20. The molecular formula is C10H12N2. The third kappa shape index (κ3) is 2.55. The van der Waals surface area contributed by atoms with E-state index >= 15 is 0 Å². The lowest BCUT2D eigenvalue weighted by molar-refractivity contribution is 1.27. The van der Waals surface area contributed by atoms with Gasteiger partial charge >= 0.3 is 0 Å². The van der Waals surface area contributed by atoms with Crippen LogP contribution in [0.15, 0.2) is 23.3 Å². The first-order valence-electron chi connectivity index (χ1n) is 3.77. The van der Waals surface area contributed by atoms with Crippen LogP contribution in [0.2, 0.25) is 0 Å². The van der Waals surface area contributed by atoms with Gasteiger partial charge in [-0.05, 0) is 24.8 Å². The molecule has 0 aliphatic rings. The van der Waals surface area contributed by atoms with Gasteiger partial charge in [-0.2, -0.15) is 0 Å². The largest absolute Gasteiger partial charge is 0.262 e. The molecule has 12 heavy (non-hydrogen) atoms. The Hall–Kier alpha value is -1.62. The van der Waals surface area contributed by atoms with Gasteiger partial charge in [-0.25, -0.2) is 4.98 Å². The van der Waals surface area contributed by atoms with Crippen molar-refractivity contribution in [2.24, 2.45) is 4.99 Å². The number of rotatable bonds is 1. The van der Waals surface area contributed by atoms with E-state index in [9.17, 15) is 0 Å². The summed E-state index contributed by atoms with van der Waals surface area (Å²) in [6.07, 6.45) is 6.75. The molecule has 0 saturated carbocycles. The minimum Gasteiger partial charge on any atom is -0.262 e. The summed E-state index contributed by atoms with van der Waals surface area (Å²) < 4.78 is 0. The van der Waals surface area contributed by atoms with Crippen molar-refractivity contribution in [2.75, 3.05) is 0 Å². The number of hydrogen-bond donors (Lipinski definition) is 0. The van der Waals surface area contributed by atoms with E-state index in [1.165, 1.54) is 0 Å². The van der Waals surface area contributed by atoms with Crippen LogP contribution in [0.4, 0.5) is 5.69 Å². The first kappa shape index (κ1) is 10.4. The van der Waals surface area contributed by atoms with Crippen LogP contribution in [0.5, 0.6) is 0 Å². The molecule has 0 bridgehead atoms. The number of aromatic nitrogens is 1. The summed E-state index contributed by atoms with van der Waals surface area (Å²) in [6, 6.07) is 3.54. The van der Waals surface area contributed by atoms with E-state index in [-0.39, 0.29) is 0 Å². The molecule has 2 nitrogen and oxygen atoms in total. The van der Waals surface area contributed by atoms with Gasteiger partial charge in [0.25, 0.3) is 0 Å². The molecule has 0 N–H and O–H groups in total. The molecular weight excluding hydrogens is 148 g/mol. The molecule has 0 unspecified atom stereocenters. The molecule has 62 valence electrons. The summed E-state index contributed by atoms with van der Waals surface area (Å²) in [4.78, 5) is 7.58. The Morgan fingerprint density at radius 3 is 2.67 bits per heavy atom. The Labute approximate surface area is 73.4 Å².